The summed E-state index contributed by atoms with van der Waals surface area (Å²) >= 11 is 1.08. The Morgan fingerprint density at radius 1 is 1.52 bits per heavy atom. The Morgan fingerprint density at radius 2 is 2.19 bits per heavy atom. The number of esters is 1. The number of rotatable bonds is 7. The van der Waals surface area contributed by atoms with E-state index in [0.29, 0.717) is 0 Å². The van der Waals surface area contributed by atoms with Gasteiger partial charge in [0.2, 0.25) is 6.41 Å². The Kier molecular flexibility index (Phi) is 6.15. The van der Waals surface area contributed by atoms with Crippen LogP contribution in [0.4, 0.5) is 0 Å². The van der Waals surface area contributed by atoms with Crippen LogP contribution in [0.25, 0.3) is 0 Å². The van der Waals surface area contributed by atoms with Crippen LogP contribution in [0.15, 0.2) is 4.99 Å². The van der Waals surface area contributed by atoms with Crippen molar-refractivity contribution in [2.24, 2.45) is 10.9 Å². The zero-order valence-corrected chi connectivity index (χ0v) is 11.8. The first kappa shape index (κ1) is 17.0. The zero-order valence-electron chi connectivity index (χ0n) is 11.0. The van der Waals surface area contributed by atoms with Crippen LogP contribution in [0.5, 0.6) is 0 Å². The van der Waals surface area contributed by atoms with Crippen LogP contribution in [-0.2, 0) is 23.9 Å². The number of carbonyl (C=O) groups excluding carboxylic acids is 2. The molecule has 0 saturated carbocycles. The number of ether oxygens (including phenoxy) is 1. The third kappa shape index (κ3) is 4.74. The van der Waals surface area contributed by atoms with E-state index in [-0.39, 0.29) is 24.5 Å². The number of aliphatic carboxylic acids is 2. The second-order valence-electron chi connectivity index (χ2n) is 4.14. The summed E-state index contributed by atoms with van der Waals surface area (Å²) in [5.41, 5.74) is -0.265. The van der Waals surface area contributed by atoms with E-state index in [4.69, 9.17) is 14.9 Å². The summed E-state index contributed by atoms with van der Waals surface area (Å²) in [5.74, 6) is -3.58. The van der Waals surface area contributed by atoms with Gasteiger partial charge in [-0.05, 0) is 0 Å². The van der Waals surface area contributed by atoms with Gasteiger partial charge in [-0.15, -0.1) is 11.8 Å². The predicted octanol–water partition coefficient (Wildman–Crippen LogP) is -1.04. The van der Waals surface area contributed by atoms with Gasteiger partial charge in [-0.1, -0.05) is 0 Å². The minimum absolute atomic E-state index is 0.140. The van der Waals surface area contributed by atoms with Gasteiger partial charge in [0.05, 0.1) is 5.92 Å². The molecule has 0 aliphatic carbocycles. The Balaban J connectivity index is 2.92. The normalized spacial score (nSPS) is 22.6. The van der Waals surface area contributed by atoms with Crippen molar-refractivity contribution in [3.05, 3.63) is 0 Å². The molecule has 1 heterocycles. The molecule has 3 atom stereocenters. The fourth-order valence-electron chi connectivity index (χ4n) is 1.67. The molecule has 116 valence electrons. The van der Waals surface area contributed by atoms with Crippen LogP contribution in [0.3, 0.4) is 0 Å². The maximum absolute atomic E-state index is 11.2. The van der Waals surface area contributed by atoms with Crippen LogP contribution < -0.4 is 5.32 Å². The summed E-state index contributed by atoms with van der Waals surface area (Å²) in [5, 5.41) is 19.3. The van der Waals surface area contributed by atoms with E-state index in [1.807, 2.05) is 0 Å². The molecule has 1 aliphatic heterocycles. The topological polar surface area (TPSA) is 142 Å². The Hall–Kier alpha value is -2.10. The number of nitrogens with one attached hydrogen (secondary N) is 1. The molecule has 0 bridgehead atoms. The Morgan fingerprint density at radius 3 is 2.67 bits per heavy atom. The number of amides is 1. The smallest absolute Gasteiger partial charge is 0.350 e. The molecule has 0 spiro atoms. The second-order valence-corrected chi connectivity index (χ2v) is 5.29. The summed E-state index contributed by atoms with van der Waals surface area (Å²) in [4.78, 5) is 47.3. The van der Waals surface area contributed by atoms with Gasteiger partial charge in [0.1, 0.15) is 17.7 Å². The number of carboxylic acid groups (broad SMARTS) is 2. The average molecular weight is 318 g/mol. The zero-order chi connectivity index (χ0) is 16.0. The highest BCUT2D eigenvalue weighted by molar-refractivity contribution is 8.00. The summed E-state index contributed by atoms with van der Waals surface area (Å²) < 4.78 is 4.77. The van der Waals surface area contributed by atoms with Gasteiger partial charge in [0, 0.05) is 12.7 Å². The Labute approximate surface area is 123 Å². The van der Waals surface area contributed by atoms with Gasteiger partial charge in [-0.2, -0.15) is 0 Å². The first-order chi connectivity index (χ1) is 9.86. The van der Waals surface area contributed by atoms with E-state index in [1.54, 1.807) is 0 Å². The third-order valence-electron chi connectivity index (χ3n) is 2.63. The molecule has 0 aromatic heterocycles. The molecule has 0 aromatic rings. The Bertz CT molecular complexity index is 479. The lowest BCUT2D eigenvalue weighted by molar-refractivity contribution is -0.142. The summed E-state index contributed by atoms with van der Waals surface area (Å²) in [6.07, 6.45) is 0.222. The number of carboxylic acids is 2. The van der Waals surface area contributed by atoms with Crippen LogP contribution in [-0.4, -0.2) is 64.0 Å². The van der Waals surface area contributed by atoms with E-state index < -0.39 is 35.2 Å². The van der Waals surface area contributed by atoms with Crippen molar-refractivity contribution < 1.29 is 34.1 Å². The van der Waals surface area contributed by atoms with Crippen molar-refractivity contribution in [3.8, 4) is 0 Å². The van der Waals surface area contributed by atoms with Crippen LogP contribution in [0, 0.1) is 5.92 Å². The molecule has 9 nitrogen and oxygen atoms in total. The van der Waals surface area contributed by atoms with Crippen molar-refractivity contribution in [1.82, 2.24) is 5.32 Å². The van der Waals surface area contributed by atoms with E-state index in [0.717, 1.165) is 11.8 Å². The standard InChI is InChI=1S/C11H14N2O7S/c1-5(15)20-2-6-3-21-9(13-7(6)10(16)17)8(11(18)19)12-4-14/h4,6,8-9H,2-3H2,1H3,(H,12,14)(H,16,17)(H,18,19)/t6?,8-,9+/m0/s1. The third-order valence-corrected chi connectivity index (χ3v) is 3.94. The number of hydrogen-bond donors (Lipinski definition) is 3. The highest BCUT2D eigenvalue weighted by Crippen LogP contribution is 2.27. The van der Waals surface area contributed by atoms with Gasteiger partial charge in [-0.3, -0.25) is 14.6 Å². The first-order valence-electron chi connectivity index (χ1n) is 5.85. The first-order valence-corrected chi connectivity index (χ1v) is 6.90. The van der Waals surface area contributed by atoms with Crippen molar-refractivity contribution in [1.29, 1.82) is 0 Å². The van der Waals surface area contributed by atoms with Gasteiger partial charge in [-0.25, -0.2) is 9.59 Å². The number of hydrogen-bond acceptors (Lipinski definition) is 7. The van der Waals surface area contributed by atoms with Crippen LogP contribution in [0.1, 0.15) is 6.92 Å². The average Bonchev–Trinajstić information content (AvgIpc) is 2.42. The van der Waals surface area contributed by atoms with Gasteiger partial charge >= 0.3 is 17.9 Å². The van der Waals surface area contributed by atoms with E-state index >= 15 is 0 Å². The lowest BCUT2D eigenvalue weighted by atomic mass is 10.1. The lowest BCUT2D eigenvalue weighted by Gasteiger charge is -2.28. The molecular formula is C11H14N2O7S. The highest BCUT2D eigenvalue weighted by atomic mass is 32.2. The van der Waals surface area contributed by atoms with Crippen molar-refractivity contribution >= 4 is 41.8 Å². The van der Waals surface area contributed by atoms with E-state index in [2.05, 4.69) is 10.3 Å². The molecule has 0 radical (unpaired) electrons. The van der Waals surface area contributed by atoms with Crippen LogP contribution in [0.2, 0.25) is 0 Å². The van der Waals surface area contributed by atoms with Crippen molar-refractivity contribution in [3.63, 3.8) is 0 Å². The second kappa shape index (κ2) is 7.62. The van der Waals surface area contributed by atoms with Crippen molar-refractivity contribution in [2.75, 3.05) is 12.4 Å². The lowest BCUT2D eigenvalue weighted by Crippen LogP contribution is -2.47. The molecule has 10 heteroatoms. The molecule has 3 N–H and O–H groups in total. The molecule has 1 aliphatic rings. The number of carbonyl (C=O) groups is 4. The molecule has 0 fully saturated rings. The fraction of sp³-hybridized carbons (Fsp3) is 0.545. The maximum Gasteiger partial charge on any atom is 0.350 e. The largest absolute Gasteiger partial charge is 0.480 e. The molecule has 21 heavy (non-hydrogen) atoms. The van der Waals surface area contributed by atoms with E-state index in [1.165, 1.54) is 6.92 Å². The van der Waals surface area contributed by atoms with Gasteiger partial charge < -0.3 is 20.3 Å². The molecule has 1 amide bonds. The molecule has 0 saturated heterocycles. The monoisotopic (exact) mass is 318 g/mol. The minimum atomic E-state index is -1.32. The van der Waals surface area contributed by atoms with Gasteiger partial charge in [0.25, 0.3) is 0 Å². The summed E-state index contributed by atoms with van der Waals surface area (Å²) in [7, 11) is 0. The summed E-state index contributed by atoms with van der Waals surface area (Å²) in [6, 6.07) is -1.32. The fourth-order valence-corrected chi connectivity index (χ4v) is 2.93. The van der Waals surface area contributed by atoms with Crippen molar-refractivity contribution in [2.45, 2.75) is 18.3 Å². The molecule has 1 rings (SSSR count). The minimum Gasteiger partial charge on any atom is -0.480 e. The van der Waals surface area contributed by atoms with Gasteiger partial charge in [0.15, 0.2) is 6.04 Å². The predicted molar refractivity (Wildman–Crippen MR) is 72.1 cm³/mol. The maximum atomic E-state index is 11.2. The van der Waals surface area contributed by atoms with E-state index in [9.17, 15) is 19.2 Å². The quantitative estimate of drug-likeness (QED) is 0.399. The molecule has 1 unspecified atom stereocenters. The highest BCUT2D eigenvalue weighted by Gasteiger charge is 2.36. The number of aliphatic imine (C=N–C) groups is 1. The van der Waals surface area contributed by atoms with Crippen LogP contribution >= 0.6 is 11.8 Å². The molecular weight excluding hydrogens is 304 g/mol. The molecule has 0 aromatic carbocycles. The number of nitrogens with zero attached hydrogens (tertiary/aromatic N) is 1. The SMILES string of the molecule is CC(=O)OCC1CS[C@H]([C@H](NC=O)C(=O)O)N=C1C(=O)O. The summed E-state index contributed by atoms with van der Waals surface area (Å²) in [6.45, 7) is 1.06. The number of thioether (sulfide) groups is 1.